The number of halogens is 1. The van der Waals surface area contributed by atoms with Crippen molar-refractivity contribution in [2.45, 2.75) is 11.4 Å². The molecule has 0 aromatic heterocycles. The topological polar surface area (TPSA) is 40.5 Å². The first-order valence-electron chi connectivity index (χ1n) is 6.39. The van der Waals surface area contributed by atoms with Crippen molar-refractivity contribution in [3.05, 3.63) is 58.6 Å². The van der Waals surface area contributed by atoms with Gasteiger partial charge in [-0.15, -0.1) is 11.8 Å². The number of aromatic carboxylic acids is 1. The number of thioether (sulfide) groups is 1. The van der Waals surface area contributed by atoms with Crippen LogP contribution in [0.2, 0.25) is 5.02 Å². The summed E-state index contributed by atoms with van der Waals surface area (Å²) in [5, 5.41) is 10.2. The predicted molar refractivity (Wildman–Crippen MR) is 88.7 cm³/mol. The minimum Gasteiger partial charge on any atom is -0.478 e. The fraction of sp³-hybridized carbons (Fsp3) is 0.188. The lowest BCUT2D eigenvalue weighted by Gasteiger charge is -2.22. The molecule has 0 aliphatic rings. The van der Waals surface area contributed by atoms with Gasteiger partial charge < -0.3 is 10.0 Å². The number of benzene rings is 2. The van der Waals surface area contributed by atoms with Gasteiger partial charge in [-0.05, 0) is 36.1 Å². The second-order valence-electron chi connectivity index (χ2n) is 4.64. The Morgan fingerprint density at radius 3 is 2.48 bits per heavy atom. The van der Waals surface area contributed by atoms with E-state index < -0.39 is 5.97 Å². The summed E-state index contributed by atoms with van der Waals surface area (Å²) in [6.07, 6.45) is 1.88. The van der Waals surface area contributed by atoms with Crippen LogP contribution in [0.3, 0.4) is 0 Å². The Morgan fingerprint density at radius 2 is 1.90 bits per heavy atom. The first-order valence-corrected chi connectivity index (χ1v) is 7.99. The number of hydrogen-bond acceptors (Lipinski definition) is 3. The third-order valence-corrected chi connectivity index (χ3v) is 4.21. The van der Waals surface area contributed by atoms with Gasteiger partial charge in [-0.2, -0.15) is 0 Å². The van der Waals surface area contributed by atoms with Crippen molar-refractivity contribution in [1.82, 2.24) is 0 Å². The highest BCUT2D eigenvalue weighted by molar-refractivity contribution is 7.98. The Labute approximate surface area is 133 Å². The van der Waals surface area contributed by atoms with Gasteiger partial charge in [-0.1, -0.05) is 29.8 Å². The fourth-order valence-electron chi connectivity index (χ4n) is 2.17. The van der Waals surface area contributed by atoms with Crippen LogP contribution in [0.1, 0.15) is 15.9 Å². The molecule has 0 unspecified atom stereocenters. The molecule has 21 heavy (non-hydrogen) atoms. The quantitative estimate of drug-likeness (QED) is 0.829. The van der Waals surface area contributed by atoms with Gasteiger partial charge in [-0.25, -0.2) is 4.79 Å². The van der Waals surface area contributed by atoms with Gasteiger partial charge in [0.1, 0.15) is 0 Å². The molecule has 2 rings (SSSR count). The van der Waals surface area contributed by atoms with Crippen molar-refractivity contribution in [1.29, 1.82) is 0 Å². The number of carboxylic acids is 1. The molecule has 0 aliphatic carbocycles. The number of carboxylic acid groups (broad SMARTS) is 1. The molecule has 0 atom stereocenters. The zero-order valence-corrected chi connectivity index (χ0v) is 13.4. The maximum Gasteiger partial charge on any atom is 0.338 e. The van der Waals surface area contributed by atoms with Crippen molar-refractivity contribution in [2.24, 2.45) is 0 Å². The lowest BCUT2D eigenvalue weighted by molar-refractivity contribution is 0.0694. The zero-order valence-electron chi connectivity index (χ0n) is 11.8. The normalized spacial score (nSPS) is 10.4. The molecule has 0 saturated heterocycles. The first kappa shape index (κ1) is 15.7. The third-order valence-electron chi connectivity index (χ3n) is 3.18. The van der Waals surface area contributed by atoms with Crippen LogP contribution in [-0.2, 0) is 6.54 Å². The van der Waals surface area contributed by atoms with E-state index in [0.717, 1.165) is 10.5 Å². The van der Waals surface area contributed by atoms with Gasteiger partial charge in [-0.3, -0.25) is 0 Å². The standard InChI is InChI=1S/C16H16ClNO2S/c1-18(10-11-6-8-12(17)9-7-11)13-4-3-5-14(21-2)15(13)16(19)20/h3-9H,10H2,1-2H3,(H,19,20). The second kappa shape index (κ2) is 6.87. The molecule has 110 valence electrons. The van der Waals surface area contributed by atoms with Gasteiger partial charge in [0.25, 0.3) is 0 Å². The molecule has 2 aromatic carbocycles. The molecule has 0 radical (unpaired) electrons. The third kappa shape index (κ3) is 3.71. The Bertz CT molecular complexity index is 643. The minimum absolute atomic E-state index is 0.349. The van der Waals surface area contributed by atoms with E-state index >= 15 is 0 Å². The molecule has 0 fully saturated rings. The Hall–Kier alpha value is -1.65. The highest BCUT2D eigenvalue weighted by Crippen LogP contribution is 2.30. The lowest BCUT2D eigenvalue weighted by atomic mass is 10.1. The van der Waals surface area contributed by atoms with Crippen LogP contribution < -0.4 is 4.90 Å². The van der Waals surface area contributed by atoms with Gasteiger partial charge >= 0.3 is 5.97 Å². The van der Waals surface area contributed by atoms with Crippen LogP contribution in [0.25, 0.3) is 0 Å². The predicted octanol–water partition coefficient (Wildman–Crippen LogP) is 4.40. The average molecular weight is 322 g/mol. The van der Waals surface area contributed by atoms with Crippen LogP contribution in [0.4, 0.5) is 5.69 Å². The monoisotopic (exact) mass is 321 g/mol. The van der Waals surface area contributed by atoms with E-state index in [4.69, 9.17) is 11.6 Å². The molecule has 0 amide bonds. The summed E-state index contributed by atoms with van der Waals surface area (Å²) in [6, 6.07) is 13.1. The summed E-state index contributed by atoms with van der Waals surface area (Å²) in [4.78, 5) is 14.2. The molecular weight excluding hydrogens is 306 g/mol. The summed E-state index contributed by atoms with van der Waals surface area (Å²) in [6.45, 7) is 0.620. The van der Waals surface area contributed by atoms with Crippen molar-refractivity contribution in [2.75, 3.05) is 18.2 Å². The molecule has 0 bridgehead atoms. The van der Waals surface area contributed by atoms with Gasteiger partial charge in [0.2, 0.25) is 0 Å². The first-order chi connectivity index (χ1) is 10.0. The van der Waals surface area contributed by atoms with E-state index in [2.05, 4.69) is 0 Å². The molecule has 0 spiro atoms. The van der Waals surface area contributed by atoms with Gasteiger partial charge in [0.05, 0.1) is 11.3 Å². The largest absolute Gasteiger partial charge is 0.478 e. The summed E-state index contributed by atoms with van der Waals surface area (Å²) in [5.74, 6) is -0.905. The highest BCUT2D eigenvalue weighted by Gasteiger charge is 2.17. The zero-order chi connectivity index (χ0) is 15.4. The maximum absolute atomic E-state index is 11.5. The Kier molecular flexibility index (Phi) is 5.15. The van der Waals surface area contributed by atoms with E-state index in [-0.39, 0.29) is 0 Å². The maximum atomic E-state index is 11.5. The molecular formula is C16H16ClNO2S. The molecule has 0 saturated carbocycles. The van der Waals surface area contributed by atoms with Crippen molar-refractivity contribution >= 4 is 35.0 Å². The van der Waals surface area contributed by atoms with Crippen molar-refractivity contribution in [3.63, 3.8) is 0 Å². The van der Waals surface area contributed by atoms with E-state index in [1.54, 1.807) is 0 Å². The number of hydrogen-bond donors (Lipinski definition) is 1. The minimum atomic E-state index is -0.905. The van der Waals surface area contributed by atoms with E-state index in [1.807, 2.05) is 60.7 Å². The molecule has 1 N–H and O–H groups in total. The number of anilines is 1. The van der Waals surface area contributed by atoms with Crippen LogP contribution in [-0.4, -0.2) is 24.4 Å². The second-order valence-corrected chi connectivity index (χ2v) is 5.93. The lowest BCUT2D eigenvalue weighted by Crippen LogP contribution is -2.19. The molecule has 0 aliphatic heterocycles. The van der Waals surface area contributed by atoms with E-state index in [9.17, 15) is 9.90 Å². The SMILES string of the molecule is CSc1cccc(N(C)Cc2ccc(Cl)cc2)c1C(=O)O. The Balaban J connectivity index is 2.32. The van der Waals surface area contributed by atoms with Crippen LogP contribution in [0, 0.1) is 0 Å². The van der Waals surface area contributed by atoms with Crippen LogP contribution in [0.15, 0.2) is 47.4 Å². The molecule has 5 heteroatoms. The number of rotatable bonds is 5. The highest BCUT2D eigenvalue weighted by atomic mass is 35.5. The summed E-state index contributed by atoms with van der Waals surface area (Å²) >= 11 is 7.32. The van der Waals surface area contributed by atoms with Crippen LogP contribution in [0.5, 0.6) is 0 Å². The molecule has 3 nitrogen and oxygen atoms in total. The average Bonchev–Trinajstić information content (AvgIpc) is 2.48. The van der Waals surface area contributed by atoms with E-state index in [1.165, 1.54) is 11.8 Å². The summed E-state index contributed by atoms with van der Waals surface area (Å²) < 4.78 is 0. The Morgan fingerprint density at radius 1 is 1.24 bits per heavy atom. The number of carbonyl (C=O) groups is 1. The number of nitrogens with zero attached hydrogens (tertiary/aromatic N) is 1. The fourth-order valence-corrected chi connectivity index (χ4v) is 2.91. The van der Waals surface area contributed by atoms with Crippen LogP contribution >= 0.6 is 23.4 Å². The summed E-state index contributed by atoms with van der Waals surface area (Å²) in [7, 11) is 1.89. The van der Waals surface area contributed by atoms with Crippen molar-refractivity contribution < 1.29 is 9.90 Å². The smallest absolute Gasteiger partial charge is 0.338 e. The van der Waals surface area contributed by atoms with Gasteiger partial charge in [0.15, 0.2) is 0 Å². The van der Waals surface area contributed by atoms with Gasteiger partial charge in [0, 0.05) is 23.5 Å². The molecule has 2 aromatic rings. The molecule has 0 heterocycles. The van der Waals surface area contributed by atoms with Crippen molar-refractivity contribution in [3.8, 4) is 0 Å². The van der Waals surface area contributed by atoms with E-state index in [0.29, 0.717) is 22.8 Å². The summed E-state index contributed by atoms with van der Waals surface area (Å²) in [5.41, 5.74) is 2.14.